The fourth-order valence-electron chi connectivity index (χ4n) is 6.14. The van der Waals surface area contributed by atoms with E-state index in [0.717, 1.165) is 70.9 Å². The minimum atomic E-state index is -4.39. The van der Waals surface area contributed by atoms with E-state index < -0.39 is 33.0 Å². The molecule has 0 fully saturated rings. The molecule has 43 heavy (non-hydrogen) atoms. The summed E-state index contributed by atoms with van der Waals surface area (Å²) >= 11 is 0. The van der Waals surface area contributed by atoms with Crippen LogP contribution in [0.4, 0.5) is 15.3 Å². The smallest absolute Gasteiger partial charge is 0.333 e. The normalized spacial score (nSPS) is 15.9. The number of imide groups is 1. The maximum absolute atomic E-state index is 13.1. The summed E-state index contributed by atoms with van der Waals surface area (Å²) in [6, 6.07) is 1.90. The second-order valence-corrected chi connectivity index (χ2v) is 12.9. The number of aryl methyl sites for hydroxylation is 3. The number of rotatable bonds is 8. The van der Waals surface area contributed by atoms with Crippen molar-refractivity contribution in [2.45, 2.75) is 63.8 Å². The van der Waals surface area contributed by atoms with E-state index in [1.54, 1.807) is 0 Å². The second kappa shape index (κ2) is 11.8. The van der Waals surface area contributed by atoms with E-state index >= 15 is 0 Å². The third-order valence-corrected chi connectivity index (χ3v) is 9.58. The fourth-order valence-corrected chi connectivity index (χ4v) is 7.04. The van der Waals surface area contributed by atoms with Crippen molar-refractivity contribution in [1.29, 1.82) is 0 Å². The first-order valence-corrected chi connectivity index (χ1v) is 16.0. The summed E-state index contributed by atoms with van der Waals surface area (Å²) in [5.74, 6) is -0.849. The standard InChI is InChI=1S/C29H37N7O6S/c1-5-20-17(2)16-36(26(20)37)29(40)30-12-13-34(3)27(38)23-15-24(32-35(23)4)43(41,42)33-28(39)31-25-21-10-6-8-18(21)14-19-9-7-11-22(19)25/h14-15H,5-13,16H2,1-4H3,(H,30,40)(H2,31,33,39). The monoisotopic (exact) mass is 611 g/mol. The molecular formula is C29H37N7O6S. The minimum Gasteiger partial charge on any atom is -0.339 e. The number of carbonyl (C=O) groups excluding carboxylic acids is 4. The number of likely N-dealkylation sites (N-methyl/N-ethyl adjacent to an activating group) is 1. The van der Waals surface area contributed by atoms with Crippen molar-refractivity contribution in [3.8, 4) is 0 Å². The first kappa shape index (κ1) is 30.3. The number of aromatic nitrogens is 2. The van der Waals surface area contributed by atoms with E-state index in [1.807, 2.05) is 18.6 Å². The quantitative estimate of drug-likeness (QED) is 0.412. The topological polar surface area (TPSA) is 163 Å². The molecule has 5 rings (SSSR count). The molecule has 0 bridgehead atoms. The van der Waals surface area contributed by atoms with Crippen LogP contribution >= 0.6 is 0 Å². The molecule has 1 aromatic heterocycles. The number of amides is 6. The Balaban J connectivity index is 1.19. The van der Waals surface area contributed by atoms with Gasteiger partial charge in [-0.05, 0) is 79.7 Å². The van der Waals surface area contributed by atoms with Crippen LogP contribution in [0, 0.1) is 0 Å². The van der Waals surface area contributed by atoms with Gasteiger partial charge >= 0.3 is 12.1 Å². The second-order valence-electron chi connectivity index (χ2n) is 11.2. The molecule has 0 unspecified atom stereocenters. The van der Waals surface area contributed by atoms with Crippen molar-refractivity contribution in [2.24, 2.45) is 7.05 Å². The lowest BCUT2D eigenvalue weighted by Crippen LogP contribution is -2.44. The molecule has 230 valence electrons. The Labute approximate surface area is 250 Å². The van der Waals surface area contributed by atoms with E-state index in [1.165, 1.54) is 30.1 Å². The van der Waals surface area contributed by atoms with Gasteiger partial charge in [0.15, 0.2) is 5.03 Å². The third-order valence-electron chi connectivity index (χ3n) is 8.37. The van der Waals surface area contributed by atoms with Crippen molar-refractivity contribution in [2.75, 3.05) is 32.0 Å². The summed E-state index contributed by atoms with van der Waals surface area (Å²) in [4.78, 5) is 53.3. The van der Waals surface area contributed by atoms with E-state index in [-0.39, 0.29) is 31.2 Å². The molecule has 1 aliphatic heterocycles. The number of benzene rings is 1. The summed E-state index contributed by atoms with van der Waals surface area (Å²) in [5.41, 5.74) is 6.74. The highest BCUT2D eigenvalue weighted by Crippen LogP contribution is 2.38. The molecule has 0 radical (unpaired) electrons. The molecular weight excluding hydrogens is 574 g/mol. The Hall–Kier alpha value is -4.20. The molecule has 3 aliphatic rings. The Morgan fingerprint density at radius 1 is 1.05 bits per heavy atom. The SMILES string of the molecule is CCC1=C(C)CN(C(=O)NCCN(C)C(=O)c2cc(S(=O)(=O)NC(=O)Nc3c4c(cc5c3CCC5)CCC4)nn2C)C1=O. The van der Waals surface area contributed by atoms with Gasteiger partial charge in [0.05, 0.1) is 6.54 Å². The number of nitrogens with zero attached hydrogens (tertiary/aromatic N) is 4. The predicted octanol–water partition coefficient (Wildman–Crippen LogP) is 2.26. The van der Waals surface area contributed by atoms with Crippen LogP contribution in [-0.2, 0) is 47.5 Å². The van der Waals surface area contributed by atoms with Crippen LogP contribution in [0.2, 0.25) is 0 Å². The maximum Gasteiger partial charge on any atom is 0.333 e. The Morgan fingerprint density at radius 3 is 2.30 bits per heavy atom. The van der Waals surface area contributed by atoms with Crippen LogP contribution in [0.15, 0.2) is 28.3 Å². The highest BCUT2D eigenvalue weighted by Gasteiger charge is 2.32. The lowest BCUT2D eigenvalue weighted by atomic mass is 9.99. The number of sulfonamides is 1. The molecule has 0 saturated heterocycles. The zero-order valence-electron chi connectivity index (χ0n) is 24.9. The molecule has 0 spiro atoms. The van der Waals surface area contributed by atoms with Gasteiger partial charge < -0.3 is 15.5 Å². The van der Waals surface area contributed by atoms with Gasteiger partial charge in [-0.1, -0.05) is 13.0 Å². The lowest BCUT2D eigenvalue weighted by molar-refractivity contribution is -0.123. The molecule has 2 aromatic rings. The molecule has 1 aromatic carbocycles. The van der Waals surface area contributed by atoms with Crippen molar-refractivity contribution in [3.63, 3.8) is 0 Å². The largest absolute Gasteiger partial charge is 0.339 e. The molecule has 14 heteroatoms. The van der Waals surface area contributed by atoms with Crippen LogP contribution in [0.5, 0.6) is 0 Å². The van der Waals surface area contributed by atoms with Gasteiger partial charge in [-0.25, -0.2) is 14.3 Å². The zero-order valence-corrected chi connectivity index (χ0v) is 25.7. The predicted molar refractivity (Wildman–Crippen MR) is 158 cm³/mol. The van der Waals surface area contributed by atoms with E-state index in [2.05, 4.69) is 21.8 Å². The fraction of sp³-hybridized carbons (Fsp3) is 0.483. The number of nitrogens with one attached hydrogen (secondary N) is 3. The highest BCUT2D eigenvalue weighted by molar-refractivity contribution is 7.90. The van der Waals surface area contributed by atoms with Gasteiger partial charge in [0.1, 0.15) is 5.69 Å². The van der Waals surface area contributed by atoms with Crippen LogP contribution in [0.25, 0.3) is 0 Å². The van der Waals surface area contributed by atoms with Crippen molar-refractivity contribution >= 4 is 39.6 Å². The van der Waals surface area contributed by atoms with Gasteiger partial charge in [0.25, 0.3) is 21.8 Å². The number of urea groups is 2. The summed E-state index contributed by atoms with van der Waals surface area (Å²) in [6.07, 6.45) is 6.09. The van der Waals surface area contributed by atoms with Crippen molar-refractivity contribution in [1.82, 2.24) is 29.6 Å². The van der Waals surface area contributed by atoms with Gasteiger partial charge in [-0.15, -0.1) is 0 Å². The van der Waals surface area contributed by atoms with Gasteiger partial charge in [-0.2, -0.15) is 13.5 Å². The molecule has 2 aliphatic carbocycles. The number of fused-ring (bicyclic) bond motifs is 2. The first-order chi connectivity index (χ1) is 20.4. The van der Waals surface area contributed by atoms with Crippen molar-refractivity contribution in [3.05, 3.63) is 51.2 Å². The van der Waals surface area contributed by atoms with Crippen LogP contribution in [0.3, 0.4) is 0 Å². The molecule has 2 heterocycles. The minimum absolute atomic E-state index is 0.0181. The maximum atomic E-state index is 13.1. The third kappa shape index (κ3) is 5.88. The van der Waals surface area contributed by atoms with Gasteiger partial charge in [0, 0.05) is 44.5 Å². The van der Waals surface area contributed by atoms with E-state index in [9.17, 15) is 27.6 Å². The van der Waals surface area contributed by atoms with Gasteiger partial charge in [-0.3, -0.25) is 19.2 Å². The average molecular weight is 612 g/mol. The van der Waals surface area contributed by atoms with Crippen LogP contribution < -0.4 is 15.4 Å². The number of hydrogen-bond acceptors (Lipinski definition) is 7. The van der Waals surface area contributed by atoms with Gasteiger partial charge in [0.2, 0.25) is 0 Å². The zero-order chi connectivity index (χ0) is 31.1. The van der Waals surface area contributed by atoms with E-state index in [0.29, 0.717) is 17.7 Å². The molecule has 3 N–H and O–H groups in total. The summed E-state index contributed by atoms with van der Waals surface area (Å²) < 4.78 is 29.3. The number of hydrogen-bond donors (Lipinski definition) is 3. The summed E-state index contributed by atoms with van der Waals surface area (Å²) in [5, 5.41) is 8.94. The summed E-state index contributed by atoms with van der Waals surface area (Å²) in [7, 11) is -1.46. The number of carbonyl (C=O) groups is 4. The number of anilines is 1. The molecule has 13 nitrogen and oxygen atoms in total. The Bertz CT molecular complexity index is 1630. The molecule has 6 amide bonds. The van der Waals surface area contributed by atoms with E-state index in [4.69, 9.17) is 0 Å². The first-order valence-electron chi connectivity index (χ1n) is 14.5. The Kier molecular flexibility index (Phi) is 8.32. The highest BCUT2D eigenvalue weighted by atomic mass is 32.2. The van der Waals surface area contributed by atoms with Crippen LogP contribution in [0.1, 0.15) is 65.9 Å². The lowest BCUT2D eigenvalue weighted by Gasteiger charge is -2.19. The Morgan fingerprint density at radius 2 is 1.70 bits per heavy atom. The summed E-state index contributed by atoms with van der Waals surface area (Å²) in [6.45, 7) is 4.08. The van der Waals surface area contributed by atoms with Crippen LogP contribution in [-0.4, -0.2) is 78.6 Å². The molecule has 0 atom stereocenters. The average Bonchev–Trinajstić information content (AvgIpc) is 3.74. The van der Waals surface area contributed by atoms with Crippen molar-refractivity contribution < 1.29 is 27.6 Å². The molecule has 0 saturated carbocycles.